The molecule has 0 saturated carbocycles. The van der Waals surface area contributed by atoms with E-state index in [2.05, 4.69) is 9.72 Å². The molecule has 0 saturated heterocycles. The molecule has 1 aromatic heterocycles. The molecule has 2 N–H and O–H groups in total. The maximum absolute atomic E-state index is 11.5. The number of esters is 1. The van der Waals surface area contributed by atoms with Crippen LogP contribution >= 0.6 is 0 Å². The first-order chi connectivity index (χ1) is 9.17. The molecule has 2 aromatic rings. The van der Waals surface area contributed by atoms with Gasteiger partial charge in [0.25, 0.3) is 0 Å². The van der Waals surface area contributed by atoms with Crippen molar-refractivity contribution in [3.8, 4) is 17.0 Å². The molecule has 0 aliphatic carbocycles. The number of benzene rings is 1. The Morgan fingerprint density at radius 3 is 2.95 bits per heavy atom. The highest BCUT2D eigenvalue weighted by Crippen LogP contribution is 2.30. The SMILES string of the molecule is COC(=O)c1ccc(O)c(-c2cncn2CCO)c1. The second kappa shape index (κ2) is 5.53. The van der Waals surface area contributed by atoms with Crippen molar-refractivity contribution in [2.75, 3.05) is 13.7 Å². The highest BCUT2D eigenvalue weighted by molar-refractivity contribution is 5.91. The van der Waals surface area contributed by atoms with Gasteiger partial charge in [-0.2, -0.15) is 0 Å². The molecule has 2 rings (SSSR count). The van der Waals surface area contributed by atoms with Gasteiger partial charge >= 0.3 is 5.97 Å². The maximum atomic E-state index is 11.5. The summed E-state index contributed by atoms with van der Waals surface area (Å²) in [5.41, 5.74) is 1.43. The quantitative estimate of drug-likeness (QED) is 0.804. The van der Waals surface area contributed by atoms with Crippen molar-refractivity contribution in [3.63, 3.8) is 0 Å². The molecule has 0 amide bonds. The summed E-state index contributed by atoms with van der Waals surface area (Å²) in [4.78, 5) is 15.5. The molecule has 0 bridgehead atoms. The molecule has 6 heteroatoms. The van der Waals surface area contributed by atoms with E-state index < -0.39 is 5.97 Å². The Kier molecular flexibility index (Phi) is 3.82. The number of nitrogens with zero attached hydrogens (tertiary/aromatic N) is 2. The molecule has 0 aliphatic rings. The first-order valence-electron chi connectivity index (χ1n) is 5.70. The smallest absolute Gasteiger partial charge is 0.337 e. The van der Waals surface area contributed by atoms with E-state index in [4.69, 9.17) is 5.11 Å². The van der Waals surface area contributed by atoms with Crippen molar-refractivity contribution >= 4 is 5.97 Å². The first kappa shape index (κ1) is 13.1. The molecule has 1 aromatic carbocycles. The minimum absolute atomic E-state index is 0.0346. The van der Waals surface area contributed by atoms with Crippen molar-refractivity contribution in [2.24, 2.45) is 0 Å². The summed E-state index contributed by atoms with van der Waals surface area (Å²) >= 11 is 0. The normalized spacial score (nSPS) is 10.4. The Balaban J connectivity index is 2.48. The van der Waals surface area contributed by atoms with Crippen molar-refractivity contribution in [1.29, 1.82) is 0 Å². The van der Waals surface area contributed by atoms with Crippen LogP contribution in [-0.2, 0) is 11.3 Å². The standard InChI is InChI=1S/C13H14N2O4/c1-19-13(18)9-2-3-12(17)10(6-9)11-7-14-8-15(11)4-5-16/h2-3,6-8,16-17H,4-5H2,1H3. The number of hydrogen-bond acceptors (Lipinski definition) is 5. The summed E-state index contributed by atoms with van der Waals surface area (Å²) in [6.07, 6.45) is 3.11. The monoisotopic (exact) mass is 262 g/mol. The molecular formula is C13H14N2O4. The van der Waals surface area contributed by atoms with Gasteiger partial charge in [0.2, 0.25) is 0 Å². The average Bonchev–Trinajstić information content (AvgIpc) is 2.87. The number of aromatic nitrogens is 2. The fraction of sp³-hybridized carbons (Fsp3) is 0.231. The van der Waals surface area contributed by atoms with E-state index in [0.717, 1.165) is 0 Å². The number of carbonyl (C=O) groups is 1. The van der Waals surface area contributed by atoms with Crippen LogP contribution in [0, 0.1) is 0 Å². The van der Waals surface area contributed by atoms with Crippen LogP contribution < -0.4 is 0 Å². The molecule has 0 radical (unpaired) electrons. The van der Waals surface area contributed by atoms with Crippen LogP contribution in [0.25, 0.3) is 11.3 Å². The fourth-order valence-corrected chi connectivity index (χ4v) is 1.82. The van der Waals surface area contributed by atoms with Gasteiger partial charge in [0.15, 0.2) is 0 Å². The van der Waals surface area contributed by atoms with E-state index in [0.29, 0.717) is 23.4 Å². The van der Waals surface area contributed by atoms with Gasteiger partial charge in [0.1, 0.15) is 5.75 Å². The van der Waals surface area contributed by atoms with E-state index >= 15 is 0 Å². The van der Waals surface area contributed by atoms with Gasteiger partial charge in [-0.15, -0.1) is 0 Å². The summed E-state index contributed by atoms with van der Waals surface area (Å²) in [5.74, 6) is -0.443. The first-order valence-corrected chi connectivity index (χ1v) is 5.70. The van der Waals surface area contributed by atoms with Crippen LogP contribution in [0.5, 0.6) is 5.75 Å². The van der Waals surface area contributed by atoms with Crippen molar-refractivity contribution in [3.05, 3.63) is 36.3 Å². The van der Waals surface area contributed by atoms with Crippen molar-refractivity contribution in [2.45, 2.75) is 6.54 Å². The third-order valence-electron chi connectivity index (χ3n) is 2.75. The number of methoxy groups -OCH3 is 1. The highest BCUT2D eigenvalue weighted by atomic mass is 16.5. The molecule has 0 spiro atoms. The molecule has 0 unspecified atom stereocenters. The van der Waals surface area contributed by atoms with Crippen LogP contribution in [0.3, 0.4) is 0 Å². The molecule has 0 aliphatic heterocycles. The van der Waals surface area contributed by atoms with Crippen LogP contribution in [0.15, 0.2) is 30.7 Å². The van der Waals surface area contributed by atoms with Crippen LogP contribution in [-0.4, -0.2) is 39.5 Å². The number of phenols is 1. The topological polar surface area (TPSA) is 84.6 Å². The maximum Gasteiger partial charge on any atom is 0.337 e. The van der Waals surface area contributed by atoms with Gasteiger partial charge in [-0.3, -0.25) is 0 Å². The lowest BCUT2D eigenvalue weighted by molar-refractivity contribution is 0.0601. The minimum Gasteiger partial charge on any atom is -0.507 e. The van der Waals surface area contributed by atoms with Crippen molar-refractivity contribution in [1.82, 2.24) is 9.55 Å². The minimum atomic E-state index is -0.477. The Hall–Kier alpha value is -2.34. The Morgan fingerprint density at radius 2 is 2.26 bits per heavy atom. The van der Waals surface area contributed by atoms with E-state index in [9.17, 15) is 9.90 Å². The Labute approximate surface area is 109 Å². The number of imidazole rings is 1. The summed E-state index contributed by atoms with van der Waals surface area (Å²) < 4.78 is 6.33. The number of ether oxygens (including phenoxy) is 1. The van der Waals surface area contributed by atoms with Gasteiger partial charge in [-0.1, -0.05) is 0 Å². The summed E-state index contributed by atoms with van der Waals surface area (Å²) in [5, 5.41) is 18.9. The van der Waals surface area contributed by atoms with Crippen LogP contribution in [0.4, 0.5) is 0 Å². The lowest BCUT2D eigenvalue weighted by Crippen LogP contribution is -2.04. The lowest BCUT2D eigenvalue weighted by Gasteiger charge is -2.09. The molecule has 1 heterocycles. The largest absolute Gasteiger partial charge is 0.507 e. The zero-order valence-corrected chi connectivity index (χ0v) is 10.4. The number of carbonyl (C=O) groups excluding carboxylic acids is 1. The number of aliphatic hydroxyl groups excluding tert-OH is 1. The highest BCUT2D eigenvalue weighted by Gasteiger charge is 2.13. The number of hydrogen-bond donors (Lipinski definition) is 2. The summed E-state index contributed by atoms with van der Waals surface area (Å²) in [6, 6.07) is 4.45. The van der Waals surface area contributed by atoms with Gasteiger partial charge in [0.05, 0.1) is 37.5 Å². The molecule has 0 fully saturated rings. The van der Waals surface area contributed by atoms with Gasteiger partial charge in [-0.05, 0) is 18.2 Å². The van der Waals surface area contributed by atoms with Gasteiger partial charge < -0.3 is 19.5 Å². The molecule has 100 valence electrons. The van der Waals surface area contributed by atoms with E-state index in [1.54, 1.807) is 17.1 Å². The summed E-state index contributed by atoms with van der Waals surface area (Å²) in [6.45, 7) is 0.317. The second-order valence-electron chi connectivity index (χ2n) is 3.92. The van der Waals surface area contributed by atoms with Crippen LogP contribution in [0.2, 0.25) is 0 Å². The molecule has 6 nitrogen and oxygen atoms in total. The number of phenolic OH excluding ortho intramolecular Hbond substituents is 1. The van der Waals surface area contributed by atoms with E-state index in [1.807, 2.05) is 0 Å². The zero-order chi connectivity index (χ0) is 13.8. The van der Waals surface area contributed by atoms with E-state index in [1.165, 1.54) is 25.3 Å². The number of rotatable bonds is 4. The molecule has 0 atom stereocenters. The predicted octanol–water partition coefficient (Wildman–Crippen LogP) is 1.03. The second-order valence-corrected chi connectivity index (χ2v) is 3.92. The lowest BCUT2D eigenvalue weighted by atomic mass is 10.1. The van der Waals surface area contributed by atoms with E-state index in [-0.39, 0.29) is 12.4 Å². The Morgan fingerprint density at radius 1 is 1.47 bits per heavy atom. The van der Waals surface area contributed by atoms with Crippen LogP contribution in [0.1, 0.15) is 10.4 Å². The third kappa shape index (κ3) is 2.58. The number of aromatic hydroxyl groups is 1. The van der Waals surface area contributed by atoms with Gasteiger partial charge in [0, 0.05) is 12.1 Å². The average molecular weight is 262 g/mol. The fourth-order valence-electron chi connectivity index (χ4n) is 1.82. The zero-order valence-electron chi connectivity index (χ0n) is 10.4. The predicted molar refractivity (Wildman–Crippen MR) is 67.8 cm³/mol. The van der Waals surface area contributed by atoms with Gasteiger partial charge in [-0.25, -0.2) is 9.78 Å². The third-order valence-corrected chi connectivity index (χ3v) is 2.75. The van der Waals surface area contributed by atoms with Crippen molar-refractivity contribution < 1.29 is 19.7 Å². The molecule has 19 heavy (non-hydrogen) atoms. The Bertz CT molecular complexity index is 592. The number of aliphatic hydroxyl groups is 1. The molecular weight excluding hydrogens is 248 g/mol. The summed E-state index contributed by atoms with van der Waals surface area (Å²) in [7, 11) is 1.30.